The second-order valence-electron chi connectivity index (χ2n) is 7.36. The van der Waals surface area contributed by atoms with Crippen molar-refractivity contribution in [2.75, 3.05) is 13.1 Å². The van der Waals surface area contributed by atoms with Gasteiger partial charge in [0.1, 0.15) is 0 Å². The molecule has 152 valence electrons. The van der Waals surface area contributed by atoms with Crippen LogP contribution in [0.25, 0.3) is 5.69 Å². The maximum atomic E-state index is 12.9. The predicted octanol–water partition coefficient (Wildman–Crippen LogP) is 3.18. The van der Waals surface area contributed by atoms with Gasteiger partial charge in [0.15, 0.2) is 5.78 Å². The molecular formula is C22H25N3O4. The molecule has 2 heterocycles. The summed E-state index contributed by atoms with van der Waals surface area (Å²) in [5, 5.41) is 0. The quantitative estimate of drug-likeness (QED) is 0.410. The third-order valence-electron chi connectivity index (χ3n) is 5.20. The first kappa shape index (κ1) is 20.5. The highest BCUT2D eigenvalue weighted by Crippen LogP contribution is 2.23. The van der Waals surface area contributed by atoms with Gasteiger partial charge in [-0.25, -0.2) is 9.69 Å². The average Bonchev–Trinajstić information content (AvgIpc) is 3.09. The molecule has 0 N–H and O–H groups in total. The van der Waals surface area contributed by atoms with Crippen molar-refractivity contribution in [1.29, 1.82) is 0 Å². The van der Waals surface area contributed by atoms with Crippen molar-refractivity contribution in [3.8, 4) is 5.69 Å². The van der Waals surface area contributed by atoms with E-state index in [9.17, 15) is 19.2 Å². The van der Waals surface area contributed by atoms with Crippen LogP contribution in [0.3, 0.4) is 0 Å². The van der Waals surface area contributed by atoms with Crippen molar-refractivity contribution in [2.24, 2.45) is 0 Å². The summed E-state index contributed by atoms with van der Waals surface area (Å²) < 4.78 is 1.96. The first-order valence-corrected chi connectivity index (χ1v) is 9.72. The highest BCUT2D eigenvalue weighted by atomic mass is 16.2. The lowest BCUT2D eigenvalue weighted by molar-refractivity contribution is -0.143. The lowest BCUT2D eigenvalue weighted by atomic mass is 10.1. The molecule has 7 heteroatoms. The van der Waals surface area contributed by atoms with E-state index in [4.69, 9.17) is 0 Å². The van der Waals surface area contributed by atoms with Crippen LogP contribution in [-0.2, 0) is 9.59 Å². The number of aromatic nitrogens is 1. The van der Waals surface area contributed by atoms with E-state index in [-0.39, 0.29) is 12.3 Å². The fraction of sp³-hybridized carbons (Fsp3) is 0.364. The Morgan fingerprint density at radius 2 is 1.55 bits per heavy atom. The van der Waals surface area contributed by atoms with Crippen LogP contribution >= 0.6 is 0 Å². The molecule has 7 nitrogen and oxygen atoms in total. The number of urea groups is 1. The minimum atomic E-state index is -0.938. The van der Waals surface area contributed by atoms with Crippen LogP contribution in [0.2, 0.25) is 0 Å². The van der Waals surface area contributed by atoms with Gasteiger partial charge in [-0.2, -0.15) is 0 Å². The molecule has 0 spiro atoms. The summed E-state index contributed by atoms with van der Waals surface area (Å²) in [5.41, 5.74) is 4.09. The highest BCUT2D eigenvalue weighted by molar-refractivity contribution is 6.45. The molecular weight excluding hydrogens is 370 g/mol. The van der Waals surface area contributed by atoms with Crippen molar-refractivity contribution in [3.05, 3.63) is 52.8 Å². The number of unbranched alkanes of at least 4 members (excludes halogenated alkanes) is 1. The van der Waals surface area contributed by atoms with E-state index in [1.807, 2.05) is 56.5 Å². The number of ketones is 1. The van der Waals surface area contributed by atoms with Crippen molar-refractivity contribution >= 4 is 23.6 Å². The molecule has 29 heavy (non-hydrogen) atoms. The van der Waals surface area contributed by atoms with E-state index in [0.717, 1.165) is 38.9 Å². The standard InChI is InChI=1S/C22H25N3O4/c1-5-6-11-23-20(27)21(28)24(22(23)29)13-19(26)18-12-15(3)25(16(18)4)17-9-7-14(2)8-10-17/h7-10,12H,5-6,11,13H2,1-4H3. The van der Waals surface area contributed by atoms with Gasteiger partial charge in [0.25, 0.3) is 0 Å². The summed E-state index contributed by atoms with van der Waals surface area (Å²) in [6.07, 6.45) is 1.40. The minimum Gasteiger partial charge on any atom is -0.318 e. The summed E-state index contributed by atoms with van der Waals surface area (Å²) >= 11 is 0. The van der Waals surface area contributed by atoms with Crippen LogP contribution < -0.4 is 0 Å². The number of Topliss-reactive ketones (excluding diaryl/α,β-unsaturated/α-hetero) is 1. The van der Waals surface area contributed by atoms with Gasteiger partial charge in [0.05, 0.1) is 6.54 Å². The number of imide groups is 2. The highest BCUT2D eigenvalue weighted by Gasteiger charge is 2.44. The van der Waals surface area contributed by atoms with Gasteiger partial charge in [-0.3, -0.25) is 19.3 Å². The lowest BCUT2D eigenvalue weighted by Crippen LogP contribution is -2.37. The van der Waals surface area contributed by atoms with Gasteiger partial charge < -0.3 is 4.57 Å². The van der Waals surface area contributed by atoms with Crippen molar-refractivity contribution in [2.45, 2.75) is 40.5 Å². The van der Waals surface area contributed by atoms with Crippen molar-refractivity contribution in [1.82, 2.24) is 14.4 Å². The molecule has 0 saturated carbocycles. The molecule has 1 aliphatic rings. The Balaban J connectivity index is 1.84. The molecule has 0 aliphatic carbocycles. The zero-order chi connectivity index (χ0) is 21.3. The molecule has 0 bridgehead atoms. The number of amides is 4. The largest absolute Gasteiger partial charge is 0.334 e. The Bertz CT molecular complexity index is 988. The third-order valence-corrected chi connectivity index (χ3v) is 5.20. The molecule has 1 aliphatic heterocycles. The zero-order valence-electron chi connectivity index (χ0n) is 17.2. The molecule has 1 saturated heterocycles. The van der Waals surface area contributed by atoms with Crippen LogP contribution in [-0.4, -0.2) is 51.1 Å². The number of rotatable bonds is 7. The predicted molar refractivity (Wildman–Crippen MR) is 108 cm³/mol. The van der Waals surface area contributed by atoms with Gasteiger partial charge in [0, 0.05) is 29.2 Å². The van der Waals surface area contributed by atoms with Crippen LogP contribution in [0.5, 0.6) is 0 Å². The molecule has 2 aromatic rings. The van der Waals surface area contributed by atoms with Crippen molar-refractivity contribution in [3.63, 3.8) is 0 Å². The first-order chi connectivity index (χ1) is 13.8. The maximum Gasteiger partial charge on any atom is 0.334 e. The van der Waals surface area contributed by atoms with Crippen LogP contribution in [0.1, 0.15) is 47.1 Å². The van der Waals surface area contributed by atoms with E-state index < -0.39 is 24.4 Å². The summed E-state index contributed by atoms with van der Waals surface area (Å²) in [6, 6.07) is 8.97. The van der Waals surface area contributed by atoms with E-state index in [1.165, 1.54) is 0 Å². The second kappa shape index (κ2) is 8.03. The number of nitrogens with zero attached hydrogens (tertiary/aromatic N) is 3. The average molecular weight is 395 g/mol. The summed E-state index contributed by atoms with van der Waals surface area (Å²) in [7, 11) is 0. The zero-order valence-corrected chi connectivity index (χ0v) is 17.2. The Kier molecular flexibility index (Phi) is 5.68. The molecule has 0 radical (unpaired) electrons. The van der Waals surface area contributed by atoms with E-state index in [0.29, 0.717) is 12.0 Å². The normalized spacial score (nSPS) is 14.3. The third kappa shape index (κ3) is 3.72. The molecule has 4 amide bonds. The maximum absolute atomic E-state index is 12.9. The van der Waals surface area contributed by atoms with E-state index in [1.54, 1.807) is 6.07 Å². The van der Waals surface area contributed by atoms with Gasteiger partial charge >= 0.3 is 17.8 Å². The fourth-order valence-corrected chi connectivity index (χ4v) is 3.57. The van der Waals surface area contributed by atoms with Gasteiger partial charge in [-0.15, -0.1) is 0 Å². The Labute approximate surface area is 169 Å². The van der Waals surface area contributed by atoms with E-state index >= 15 is 0 Å². The van der Waals surface area contributed by atoms with E-state index in [2.05, 4.69) is 0 Å². The number of carbonyl (C=O) groups is 4. The summed E-state index contributed by atoms with van der Waals surface area (Å²) in [6.45, 7) is 7.40. The van der Waals surface area contributed by atoms with Crippen LogP contribution in [0.15, 0.2) is 30.3 Å². The number of hydrogen-bond acceptors (Lipinski definition) is 4. The molecule has 1 fully saturated rings. The summed E-state index contributed by atoms with van der Waals surface area (Å²) in [4.78, 5) is 51.3. The second-order valence-corrected chi connectivity index (χ2v) is 7.36. The van der Waals surface area contributed by atoms with Crippen LogP contribution in [0.4, 0.5) is 4.79 Å². The smallest absolute Gasteiger partial charge is 0.318 e. The molecule has 1 aromatic carbocycles. The Hall–Kier alpha value is -3.22. The van der Waals surface area contributed by atoms with Gasteiger partial charge in [-0.1, -0.05) is 31.0 Å². The Morgan fingerprint density at radius 3 is 2.17 bits per heavy atom. The van der Waals surface area contributed by atoms with Gasteiger partial charge in [-0.05, 0) is 45.4 Å². The molecule has 0 unspecified atom stereocenters. The monoisotopic (exact) mass is 395 g/mol. The number of carbonyl (C=O) groups excluding carboxylic acids is 4. The number of hydrogen-bond donors (Lipinski definition) is 0. The fourth-order valence-electron chi connectivity index (χ4n) is 3.57. The van der Waals surface area contributed by atoms with Gasteiger partial charge in [0.2, 0.25) is 0 Å². The lowest BCUT2D eigenvalue weighted by Gasteiger charge is -2.15. The van der Waals surface area contributed by atoms with Crippen molar-refractivity contribution < 1.29 is 19.2 Å². The Morgan fingerprint density at radius 1 is 0.931 bits per heavy atom. The number of benzene rings is 1. The minimum absolute atomic E-state index is 0.187. The summed E-state index contributed by atoms with van der Waals surface area (Å²) in [5.74, 6) is -2.17. The number of aryl methyl sites for hydroxylation is 2. The first-order valence-electron chi connectivity index (χ1n) is 9.72. The SMILES string of the molecule is CCCCN1C(=O)C(=O)N(CC(=O)c2cc(C)n(-c3ccc(C)cc3)c2C)C1=O. The molecule has 0 atom stereocenters. The topological polar surface area (TPSA) is 79.7 Å². The van der Waals surface area contributed by atoms with Crippen LogP contribution in [0, 0.1) is 20.8 Å². The molecule has 1 aromatic heterocycles. The molecule has 3 rings (SSSR count).